The van der Waals surface area contributed by atoms with E-state index in [4.69, 9.17) is 9.26 Å². The van der Waals surface area contributed by atoms with Crippen LogP contribution in [0.3, 0.4) is 0 Å². The van der Waals surface area contributed by atoms with Gasteiger partial charge in [-0.15, -0.1) is 0 Å². The van der Waals surface area contributed by atoms with E-state index >= 15 is 0 Å². The zero-order valence-corrected chi connectivity index (χ0v) is 14.4. The molecule has 128 valence electrons. The van der Waals surface area contributed by atoms with Gasteiger partial charge in [0.05, 0.1) is 19.2 Å². The molecule has 1 heterocycles. The van der Waals surface area contributed by atoms with Gasteiger partial charge in [-0.05, 0) is 49.2 Å². The molecule has 0 aliphatic rings. The number of nitrogens with one attached hydrogen (secondary N) is 1. The Balaban J connectivity index is 1.69. The molecule has 1 amide bonds. The van der Waals surface area contributed by atoms with Gasteiger partial charge in [0.2, 0.25) is 11.7 Å². The second kappa shape index (κ2) is 7.17. The molecular weight excluding hydrogens is 318 g/mol. The van der Waals surface area contributed by atoms with Crippen LogP contribution in [-0.4, -0.2) is 23.2 Å². The summed E-state index contributed by atoms with van der Waals surface area (Å²) in [6, 6.07) is 13.0. The van der Waals surface area contributed by atoms with Crippen molar-refractivity contribution < 1.29 is 14.1 Å². The van der Waals surface area contributed by atoms with Crippen molar-refractivity contribution in [2.45, 2.75) is 20.4 Å². The molecule has 1 aromatic heterocycles. The van der Waals surface area contributed by atoms with E-state index in [2.05, 4.69) is 15.5 Å². The number of nitrogens with zero attached hydrogens (tertiary/aromatic N) is 2. The first-order chi connectivity index (χ1) is 12.1. The first-order valence-corrected chi connectivity index (χ1v) is 7.90. The molecule has 3 rings (SSSR count). The Hall–Kier alpha value is -3.15. The van der Waals surface area contributed by atoms with Crippen molar-refractivity contribution in [3.8, 4) is 17.1 Å². The van der Waals surface area contributed by atoms with Gasteiger partial charge in [0.15, 0.2) is 0 Å². The van der Waals surface area contributed by atoms with E-state index in [9.17, 15) is 4.79 Å². The van der Waals surface area contributed by atoms with Crippen LogP contribution in [0.25, 0.3) is 11.4 Å². The van der Waals surface area contributed by atoms with Gasteiger partial charge < -0.3 is 14.6 Å². The number of aromatic nitrogens is 2. The zero-order chi connectivity index (χ0) is 17.8. The summed E-state index contributed by atoms with van der Waals surface area (Å²) in [5.74, 6) is 1.24. The number of amides is 1. The van der Waals surface area contributed by atoms with Gasteiger partial charge in [0, 0.05) is 5.56 Å². The molecule has 0 aliphatic heterocycles. The standard InChI is InChI=1S/C19H19N3O3/c1-12-8-9-14(10-13(12)2)19(23)20-11-17-21-18(22-25-17)15-6-4-5-7-16(15)24-3/h4-10H,11H2,1-3H3,(H,20,23). The molecule has 6 nitrogen and oxygen atoms in total. The van der Waals surface area contributed by atoms with Crippen LogP contribution in [0, 0.1) is 13.8 Å². The van der Waals surface area contributed by atoms with Crippen LogP contribution in [0.4, 0.5) is 0 Å². The summed E-state index contributed by atoms with van der Waals surface area (Å²) in [7, 11) is 1.59. The number of rotatable bonds is 5. The predicted molar refractivity (Wildman–Crippen MR) is 93.4 cm³/mol. The van der Waals surface area contributed by atoms with Gasteiger partial charge in [0.1, 0.15) is 5.75 Å². The molecule has 0 atom stereocenters. The van der Waals surface area contributed by atoms with E-state index in [0.29, 0.717) is 23.0 Å². The molecule has 0 saturated heterocycles. The van der Waals surface area contributed by atoms with Crippen LogP contribution in [-0.2, 0) is 6.54 Å². The third-order valence-corrected chi connectivity index (χ3v) is 3.99. The summed E-state index contributed by atoms with van der Waals surface area (Å²) < 4.78 is 10.5. The summed E-state index contributed by atoms with van der Waals surface area (Å²) in [5, 5.41) is 6.74. The molecule has 0 spiro atoms. The van der Waals surface area contributed by atoms with Crippen molar-refractivity contribution in [2.24, 2.45) is 0 Å². The lowest BCUT2D eigenvalue weighted by molar-refractivity contribution is 0.0946. The third-order valence-electron chi connectivity index (χ3n) is 3.99. The molecule has 0 radical (unpaired) electrons. The maximum absolute atomic E-state index is 12.2. The smallest absolute Gasteiger partial charge is 0.251 e. The molecule has 25 heavy (non-hydrogen) atoms. The van der Waals surface area contributed by atoms with Gasteiger partial charge in [0.25, 0.3) is 5.91 Å². The van der Waals surface area contributed by atoms with Crippen LogP contribution in [0.5, 0.6) is 5.75 Å². The fraction of sp³-hybridized carbons (Fsp3) is 0.211. The first-order valence-electron chi connectivity index (χ1n) is 7.90. The minimum Gasteiger partial charge on any atom is -0.496 e. The summed E-state index contributed by atoms with van der Waals surface area (Å²) >= 11 is 0. The fourth-order valence-electron chi connectivity index (χ4n) is 2.41. The lowest BCUT2D eigenvalue weighted by Crippen LogP contribution is -2.23. The van der Waals surface area contributed by atoms with E-state index in [1.165, 1.54) is 0 Å². The summed E-state index contributed by atoms with van der Waals surface area (Å²) in [5.41, 5.74) is 3.56. The normalized spacial score (nSPS) is 10.5. The zero-order valence-electron chi connectivity index (χ0n) is 14.4. The number of para-hydroxylation sites is 1. The molecule has 0 saturated carbocycles. The van der Waals surface area contributed by atoms with Crippen molar-refractivity contribution in [1.29, 1.82) is 0 Å². The minimum absolute atomic E-state index is 0.161. The maximum atomic E-state index is 12.2. The summed E-state index contributed by atoms with van der Waals surface area (Å²) in [6.45, 7) is 4.15. The van der Waals surface area contributed by atoms with Crippen LogP contribution < -0.4 is 10.1 Å². The maximum Gasteiger partial charge on any atom is 0.251 e. The van der Waals surface area contributed by atoms with Crippen LogP contribution >= 0.6 is 0 Å². The lowest BCUT2D eigenvalue weighted by Gasteiger charge is -2.05. The van der Waals surface area contributed by atoms with Crippen LogP contribution in [0.1, 0.15) is 27.4 Å². The molecule has 1 N–H and O–H groups in total. The Bertz CT molecular complexity index is 902. The molecule has 0 aliphatic carbocycles. The van der Waals surface area contributed by atoms with E-state index < -0.39 is 0 Å². The summed E-state index contributed by atoms with van der Waals surface area (Å²) in [4.78, 5) is 16.6. The average molecular weight is 337 g/mol. The topological polar surface area (TPSA) is 77.3 Å². The Morgan fingerprint density at radius 3 is 2.72 bits per heavy atom. The Labute approximate surface area is 145 Å². The SMILES string of the molecule is COc1ccccc1-c1noc(CNC(=O)c2ccc(C)c(C)c2)n1. The van der Waals surface area contributed by atoms with E-state index in [1.54, 1.807) is 13.2 Å². The molecule has 0 unspecified atom stereocenters. The van der Waals surface area contributed by atoms with E-state index in [-0.39, 0.29) is 12.5 Å². The molecule has 3 aromatic rings. The number of hydrogen-bond acceptors (Lipinski definition) is 5. The van der Waals surface area contributed by atoms with Gasteiger partial charge in [-0.1, -0.05) is 23.4 Å². The molecule has 0 bridgehead atoms. The monoisotopic (exact) mass is 337 g/mol. The van der Waals surface area contributed by atoms with E-state index in [1.807, 2.05) is 50.2 Å². The number of aryl methyl sites for hydroxylation is 2. The number of ether oxygens (including phenoxy) is 1. The van der Waals surface area contributed by atoms with Crippen molar-refractivity contribution in [3.63, 3.8) is 0 Å². The number of carbonyl (C=O) groups is 1. The fourth-order valence-corrected chi connectivity index (χ4v) is 2.41. The minimum atomic E-state index is -0.180. The second-order valence-electron chi connectivity index (χ2n) is 5.69. The lowest BCUT2D eigenvalue weighted by atomic mass is 10.1. The highest BCUT2D eigenvalue weighted by molar-refractivity contribution is 5.94. The Morgan fingerprint density at radius 2 is 1.96 bits per heavy atom. The summed E-state index contributed by atoms with van der Waals surface area (Å²) in [6.07, 6.45) is 0. The molecule has 0 fully saturated rings. The Kier molecular flexibility index (Phi) is 4.79. The average Bonchev–Trinajstić information content (AvgIpc) is 3.10. The second-order valence-corrected chi connectivity index (χ2v) is 5.69. The van der Waals surface area contributed by atoms with Crippen LogP contribution in [0.2, 0.25) is 0 Å². The van der Waals surface area contributed by atoms with Crippen molar-refractivity contribution in [3.05, 3.63) is 65.0 Å². The highest BCUT2D eigenvalue weighted by Gasteiger charge is 2.14. The van der Waals surface area contributed by atoms with Crippen molar-refractivity contribution in [1.82, 2.24) is 15.5 Å². The quantitative estimate of drug-likeness (QED) is 0.773. The molecule has 6 heteroatoms. The largest absolute Gasteiger partial charge is 0.496 e. The number of methoxy groups -OCH3 is 1. The Morgan fingerprint density at radius 1 is 1.16 bits per heavy atom. The number of benzene rings is 2. The molecule has 2 aromatic carbocycles. The van der Waals surface area contributed by atoms with Gasteiger partial charge in [-0.3, -0.25) is 4.79 Å². The highest BCUT2D eigenvalue weighted by Crippen LogP contribution is 2.26. The third kappa shape index (κ3) is 3.68. The van der Waals surface area contributed by atoms with Crippen LogP contribution in [0.15, 0.2) is 47.0 Å². The van der Waals surface area contributed by atoms with Gasteiger partial charge in [-0.2, -0.15) is 4.98 Å². The number of carbonyl (C=O) groups excluding carboxylic acids is 1. The number of hydrogen-bond donors (Lipinski definition) is 1. The molecular formula is C19H19N3O3. The van der Waals surface area contributed by atoms with Crippen molar-refractivity contribution >= 4 is 5.91 Å². The van der Waals surface area contributed by atoms with Gasteiger partial charge in [-0.25, -0.2) is 0 Å². The van der Waals surface area contributed by atoms with Gasteiger partial charge >= 0.3 is 0 Å². The first kappa shape index (κ1) is 16.7. The van der Waals surface area contributed by atoms with Crippen molar-refractivity contribution in [2.75, 3.05) is 7.11 Å². The highest BCUT2D eigenvalue weighted by atomic mass is 16.5. The predicted octanol–water partition coefficient (Wildman–Crippen LogP) is 3.29. The van der Waals surface area contributed by atoms with E-state index in [0.717, 1.165) is 16.7 Å².